The quantitative estimate of drug-likeness (QED) is 0.671. The lowest BCUT2D eigenvalue weighted by Crippen LogP contribution is -1.97. The van der Waals surface area contributed by atoms with E-state index in [1.807, 2.05) is 6.92 Å². The Balaban J connectivity index is 2.51. The van der Waals surface area contributed by atoms with Gasteiger partial charge in [-0.3, -0.25) is 0 Å². The first-order chi connectivity index (χ1) is 11.5. The topological polar surface area (TPSA) is 18.5 Å². The summed E-state index contributed by atoms with van der Waals surface area (Å²) in [4.78, 5) is 0. The van der Waals surface area contributed by atoms with E-state index in [0.29, 0.717) is 23.6 Å². The summed E-state index contributed by atoms with van der Waals surface area (Å²) in [6.07, 6.45) is 4.48. The average Bonchev–Trinajstić information content (AvgIpc) is 2.54. The van der Waals surface area contributed by atoms with Gasteiger partial charge in [-0.1, -0.05) is 19.4 Å². The van der Waals surface area contributed by atoms with Crippen LogP contribution in [0.4, 0.5) is 13.2 Å². The second kappa shape index (κ2) is 7.90. The lowest BCUT2D eigenvalue weighted by Gasteiger charge is -2.13. The van der Waals surface area contributed by atoms with Crippen molar-refractivity contribution in [1.82, 2.24) is 0 Å². The molecule has 0 atom stereocenters. The molecule has 0 aromatic heterocycles. The first-order valence-corrected chi connectivity index (χ1v) is 7.57. The van der Waals surface area contributed by atoms with Gasteiger partial charge in [-0.05, 0) is 24.1 Å². The highest BCUT2D eigenvalue weighted by Crippen LogP contribution is 2.31. The van der Waals surface area contributed by atoms with E-state index in [0.717, 1.165) is 24.0 Å². The predicted octanol–water partition coefficient (Wildman–Crippen LogP) is 5.24. The van der Waals surface area contributed by atoms with Crippen LogP contribution in [-0.4, -0.2) is 14.2 Å². The molecule has 2 rings (SSSR count). The Hall–Kier alpha value is -2.43. The van der Waals surface area contributed by atoms with E-state index < -0.39 is 17.5 Å². The number of rotatable bonds is 6. The Morgan fingerprint density at radius 1 is 0.917 bits per heavy atom. The van der Waals surface area contributed by atoms with Gasteiger partial charge in [0.05, 0.1) is 14.2 Å². The van der Waals surface area contributed by atoms with Crippen molar-refractivity contribution in [1.29, 1.82) is 0 Å². The Labute approximate surface area is 139 Å². The number of methoxy groups -OCH3 is 2. The normalized spacial score (nSPS) is 11.1. The van der Waals surface area contributed by atoms with E-state index in [1.54, 1.807) is 25.3 Å². The fourth-order valence-corrected chi connectivity index (χ4v) is 2.49. The Kier molecular flexibility index (Phi) is 5.90. The van der Waals surface area contributed by atoms with Crippen molar-refractivity contribution >= 4 is 12.2 Å². The van der Waals surface area contributed by atoms with Crippen LogP contribution in [-0.2, 0) is 6.42 Å². The van der Waals surface area contributed by atoms with Gasteiger partial charge in [-0.15, -0.1) is 0 Å². The van der Waals surface area contributed by atoms with Crippen molar-refractivity contribution in [3.8, 4) is 11.5 Å². The largest absolute Gasteiger partial charge is 0.497 e. The third kappa shape index (κ3) is 3.91. The molecule has 0 aliphatic carbocycles. The van der Waals surface area contributed by atoms with Crippen LogP contribution in [0.15, 0.2) is 24.3 Å². The first kappa shape index (κ1) is 17.9. The molecule has 0 spiro atoms. The molecule has 0 N–H and O–H groups in total. The van der Waals surface area contributed by atoms with Crippen LogP contribution in [0.1, 0.15) is 30.0 Å². The molecular formula is C19H19F3O2. The number of benzene rings is 2. The van der Waals surface area contributed by atoms with Crippen LogP contribution in [0.2, 0.25) is 0 Å². The second-order valence-corrected chi connectivity index (χ2v) is 5.26. The molecule has 0 fully saturated rings. The van der Waals surface area contributed by atoms with Crippen molar-refractivity contribution in [3.63, 3.8) is 0 Å². The van der Waals surface area contributed by atoms with Gasteiger partial charge in [0, 0.05) is 29.3 Å². The van der Waals surface area contributed by atoms with Crippen molar-refractivity contribution in [2.24, 2.45) is 0 Å². The lowest BCUT2D eigenvalue weighted by atomic mass is 10.00. The standard InChI is InChI=1S/C19H19F3O2/c1-4-5-15-12(8-14(23-2)11-19(15)24-3)6-7-16-17(21)9-13(20)10-18(16)22/h6-11H,4-5H2,1-3H3. The SMILES string of the molecule is CCCc1c(C=Cc2c(F)cc(F)cc2F)cc(OC)cc1OC. The van der Waals surface area contributed by atoms with Gasteiger partial charge in [0.2, 0.25) is 0 Å². The predicted molar refractivity (Wildman–Crippen MR) is 88.8 cm³/mol. The minimum atomic E-state index is -0.948. The maximum absolute atomic E-state index is 13.8. The average molecular weight is 336 g/mol. The van der Waals surface area contributed by atoms with Gasteiger partial charge in [0.1, 0.15) is 29.0 Å². The molecule has 0 amide bonds. The molecule has 0 saturated carbocycles. The Morgan fingerprint density at radius 2 is 1.58 bits per heavy atom. The Morgan fingerprint density at radius 3 is 2.12 bits per heavy atom. The van der Waals surface area contributed by atoms with Crippen LogP contribution in [0.5, 0.6) is 11.5 Å². The summed E-state index contributed by atoms with van der Waals surface area (Å²) in [6.45, 7) is 2.02. The van der Waals surface area contributed by atoms with Crippen molar-refractivity contribution in [3.05, 3.63) is 58.4 Å². The summed E-state index contributed by atoms with van der Waals surface area (Å²) >= 11 is 0. The van der Waals surface area contributed by atoms with Gasteiger partial charge in [0.15, 0.2) is 0 Å². The molecule has 128 valence electrons. The smallest absolute Gasteiger partial charge is 0.136 e. The third-order valence-corrected chi connectivity index (χ3v) is 3.65. The molecule has 0 saturated heterocycles. The summed E-state index contributed by atoms with van der Waals surface area (Å²) in [5.74, 6) is -1.62. The van der Waals surface area contributed by atoms with Crippen LogP contribution < -0.4 is 9.47 Å². The van der Waals surface area contributed by atoms with Gasteiger partial charge >= 0.3 is 0 Å². The monoisotopic (exact) mass is 336 g/mol. The molecular weight excluding hydrogens is 317 g/mol. The van der Waals surface area contributed by atoms with Crippen LogP contribution in [0, 0.1) is 17.5 Å². The molecule has 0 aliphatic heterocycles. The fourth-order valence-electron chi connectivity index (χ4n) is 2.49. The summed E-state index contributed by atoms with van der Waals surface area (Å²) in [7, 11) is 3.09. The minimum Gasteiger partial charge on any atom is -0.497 e. The summed E-state index contributed by atoms with van der Waals surface area (Å²) in [5, 5.41) is 0. The number of ether oxygens (including phenoxy) is 2. The lowest BCUT2D eigenvalue weighted by molar-refractivity contribution is 0.390. The highest BCUT2D eigenvalue weighted by Gasteiger charge is 2.12. The molecule has 24 heavy (non-hydrogen) atoms. The zero-order chi connectivity index (χ0) is 17.7. The van der Waals surface area contributed by atoms with Crippen molar-refractivity contribution in [2.45, 2.75) is 19.8 Å². The van der Waals surface area contributed by atoms with E-state index in [2.05, 4.69) is 0 Å². The molecule has 0 unspecified atom stereocenters. The van der Waals surface area contributed by atoms with E-state index in [4.69, 9.17) is 9.47 Å². The van der Waals surface area contributed by atoms with Crippen molar-refractivity contribution < 1.29 is 22.6 Å². The molecule has 5 heteroatoms. The minimum absolute atomic E-state index is 0.291. The first-order valence-electron chi connectivity index (χ1n) is 7.57. The van der Waals surface area contributed by atoms with Gasteiger partial charge in [-0.2, -0.15) is 0 Å². The van der Waals surface area contributed by atoms with Crippen LogP contribution in [0.3, 0.4) is 0 Å². The summed E-state index contributed by atoms with van der Waals surface area (Å²) < 4.78 is 51.2. The van der Waals surface area contributed by atoms with E-state index in [-0.39, 0.29) is 5.56 Å². The molecule has 2 aromatic rings. The number of hydrogen-bond acceptors (Lipinski definition) is 2. The molecule has 0 aliphatic rings. The fraction of sp³-hybridized carbons (Fsp3) is 0.263. The van der Waals surface area contributed by atoms with Gasteiger partial charge in [-0.25, -0.2) is 13.2 Å². The van der Waals surface area contributed by atoms with Crippen LogP contribution in [0.25, 0.3) is 12.2 Å². The van der Waals surface area contributed by atoms with Gasteiger partial charge in [0.25, 0.3) is 0 Å². The molecule has 0 radical (unpaired) electrons. The molecule has 2 aromatic carbocycles. The maximum Gasteiger partial charge on any atom is 0.136 e. The highest BCUT2D eigenvalue weighted by molar-refractivity contribution is 5.74. The third-order valence-electron chi connectivity index (χ3n) is 3.65. The molecule has 0 bridgehead atoms. The molecule has 2 nitrogen and oxygen atoms in total. The summed E-state index contributed by atoms with van der Waals surface area (Å²) in [6, 6.07) is 4.84. The Bertz CT molecular complexity index is 732. The second-order valence-electron chi connectivity index (χ2n) is 5.26. The maximum atomic E-state index is 13.8. The molecule has 0 heterocycles. The van der Waals surface area contributed by atoms with E-state index >= 15 is 0 Å². The zero-order valence-electron chi connectivity index (χ0n) is 13.8. The van der Waals surface area contributed by atoms with E-state index in [1.165, 1.54) is 13.2 Å². The van der Waals surface area contributed by atoms with Crippen LogP contribution >= 0.6 is 0 Å². The van der Waals surface area contributed by atoms with Crippen molar-refractivity contribution in [2.75, 3.05) is 14.2 Å². The zero-order valence-corrected chi connectivity index (χ0v) is 13.8. The van der Waals surface area contributed by atoms with Gasteiger partial charge < -0.3 is 9.47 Å². The highest BCUT2D eigenvalue weighted by atomic mass is 19.1. The number of hydrogen-bond donors (Lipinski definition) is 0. The summed E-state index contributed by atoms with van der Waals surface area (Å²) in [5.41, 5.74) is 1.36. The number of halogens is 3. The van der Waals surface area contributed by atoms with E-state index in [9.17, 15) is 13.2 Å².